The number of carbonyl (C=O) groups is 2. The van der Waals surface area contributed by atoms with Crippen molar-refractivity contribution in [3.05, 3.63) is 12.2 Å². The molecule has 0 bridgehead atoms. The van der Waals surface area contributed by atoms with Gasteiger partial charge in [-0.25, -0.2) is 9.59 Å². The van der Waals surface area contributed by atoms with Gasteiger partial charge in [0.25, 0.3) is 0 Å². The molecule has 168 valence electrons. The average Bonchev–Trinajstić information content (AvgIpc) is 2.87. The molecule has 0 aromatic rings. The summed E-state index contributed by atoms with van der Waals surface area (Å²) in [7, 11) is -1.88. The molecular formula is C22H41NO5Si. The predicted molar refractivity (Wildman–Crippen MR) is 118 cm³/mol. The Morgan fingerprint density at radius 1 is 1.17 bits per heavy atom. The number of ether oxygens (including phenoxy) is 2. The van der Waals surface area contributed by atoms with Gasteiger partial charge in [-0.3, -0.25) is 4.90 Å². The van der Waals surface area contributed by atoms with E-state index in [9.17, 15) is 9.59 Å². The van der Waals surface area contributed by atoms with Gasteiger partial charge >= 0.3 is 12.1 Å². The highest BCUT2D eigenvalue weighted by atomic mass is 28.4. The lowest BCUT2D eigenvalue weighted by Crippen LogP contribution is -2.56. The van der Waals surface area contributed by atoms with Gasteiger partial charge in [-0.05, 0) is 70.7 Å². The number of likely N-dealkylation sites (tertiary alicyclic amines) is 1. The molecule has 0 unspecified atom stereocenters. The fraction of sp³-hybridized carbons (Fsp3) is 0.818. The Bertz CT molecular complexity index is 618. The smallest absolute Gasteiger partial charge is 0.411 e. The Hall–Kier alpha value is -1.34. The van der Waals surface area contributed by atoms with Crippen molar-refractivity contribution in [3.63, 3.8) is 0 Å². The highest BCUT2D eigenvalue weighted by molar-refractivity contribution is 6.74. The molecule has 1 heterocycles. The molecule has 6 nitrogen and oxygen atoms in total. The Kier molecular flexibility index (Phi) is 8.16. The van der Waals surface area contributed by atoms with Crippen molar-refractivity contribution in [2.75, 3.05) is 19.8 Å². The van der Waals surface area contributed by atoms with Crippen LogP contribution in [0.5, 0.6) is 0 Å². The van der Waals surface area contributed by atoms with Crippen molar-refractivity contribution in [3.8, 4) is 0 Å². The van der Waals surface area contributed by atoms with Crippen LogP contribution in [0.25, 0.3) is 0 Å². The SMILES string of the molecule is C=C1CCN(C(=O)OC(C)(C)C)[C@]1(CCCO[Si](C)(C)C(C)(C)C)C(=O)OCC. The fourth-order valence-electron chi connectivity index (χ4n) is 3.19. The molecule has 29 heavy (non-hydrogen) atoms. The maximum absolute atomic E-state index is 13.0. The summed E-state index contributed by atoms with van der Waals surface area (Å²) < 4.78 is 17.2. The molecule has 0 saturated carbocycles. The molecule has 7 heteroatoms. The standard InChI is InChI=1S/C22H41NO5Si/c1-11-26-18(24)22(14-12-16-27-29(9,10)21(6,7)8)17(2)13-15-23(22)19(25)28-20(3,4)5/h2,11-16H2,1,3-10H3/t22-/m0/s1. The van der Waals surface area contributed by atoms with E-state index < -0.39 is 31.5 Å². The summed E-state index contributed by atoms with van der Waals surface area (Å²) in [4.78, 5) is 27.4. The third-order valence-electron chi connectivity index (χ3n) is 5.86. The third kappa shape index (κ3) is 6.07. The van der Waals surface area contributed by atoms with Crippen LogP contribution in [0.1, 0.15) is 67.7 Å². The van der Waals surface area contributed by atoms with Crippen LogP contribution < -0.4 is 0 Å². The Morgan fingerprint density at radius 2 is 1.76 bits per heavy atom. The number of carbonyl (C=O) groups excluding carboxylic acids is 2. The van der Waals surface area contributed by atoms with Gasteiger partial charge in [0.1, 0.15) is 5.60 Å². The molecule has 1 amide bonds. The lowest BCUT2D eigenvalue weighted by molar-refractivity contribution is -0.154. The van der Waals surface area contributed by atoms with Gasteiger partial charge in [-0.1, -0.05) is 27.4 Å². The summed E-state index contributed by atoms with van der Waals surface area (Å²) in [5.41, 5.74) is -1.13. The van der Waals surface area contributed by atoms with E-state index in [0.29, 0.717) is 38.0 Å². The van der Waals surface area contributed by atoms with E-state index in [1.165, 1.54) is 4.90 Å². The summed E-state index contributed by atoms with van der Waals surface area (Å²) >= 11 is 0. The highest BCUT2D eigenvalue weighted by Gasteiger charge is 2.54. The van der Waals surface area contributed by atoms with E-state index in [1.807, 2.05) is 20.8 Å². The summed E-state index contributed by atoms with van der Waals surface area (Å²) in [6.07, 6.45) is 1.10. The number of hydrogen-bond donors (Lipinski definition) is 0. The van der Waals surface area contributed by atoms with Crippen LogP contribution in [-0.2, 0) is 18.7 Å². The van der Waals surface area contributed by atoms with Crippen molar-refractivity contribution in [2.45, 2.75) is 97.0 Å². The molecule has 0 aromatic carbocycles. The van der Waals surface area contributed by atoms with Gasteiger partial charge in [0.2, 0.25) is 0 Å². The quantitative estimate of drug-likeness (QED) is 0.239. The molecule has 0 aliphatic carbocycles. The zero-order valence-electron chi connectivity index (χ0n) is 19.9. The third-order valence-corrected chi connectivity index (χ3v) is 10.4. The van der Waals surface area contributed by atoms with E-state index in [1.54, 1.807) is 6.92 Å². The van der Waals surface area contributed by atoms with Crippen LogP contribution in [0.15, 0.2) is 12.2 Å². The van der Waals surface area contributed by atoms with E-state index in [2.05, 4.69) is 40.4 Å². The average molecular weight is 428 g/mol. The monoisotopic (exact) mass is 427 g/mol. The maximum atomic E-state index is 13.0. The second kappa shape index (κ2) is 9.21. The first kappa shape index (κ1) is 25.7. The first-order valence-corrected chi connectivity index (χ1v) is 13.5. The molecule has 1 atom stereocenters. The lowest BCUT2D eigenvalue weighted by Gasteiger charge is -2.39. The van der Waals surface area contributed by atoms with Crippen LogP contribution in [0, 0.1) is 0 Å². The van der Waals surface area contributed by atoms with Crippen LogP contribution in [-0.4, -0.2) is 56.2 Å². The fourth-order valence-corrected chi connectivity index (χ4v) is 4.28. The molecule has 0 N–H and O–H groups in total. The molecular weight excluding hydrogens is 386 g/mol. The molecule has 1 saturated heterocycles. The minimum absolute atomic E-state index is 0.116. The van der Waals surface area contributed by atoms with Gasteiger partial charge in [0, 0.05) is 13.2 Å². The zero-order chi connectivity index (χ0) is 22.7. The van der Waals surface area contributed by atoms with Crippen molar-refractivity contribution < 1.29 is 23.5 Å². The summed E-state index contributed by atoms with van der Waals surface area (Å²) in [6.45, 7) is 23.5. The van der Waals surface area contributed by atoms with Crippen molar-refractivity contribution in [1.29, 1.82) is 0 Å². The van der Waals surface area contributed by atoms with Gasteiger partial charge in [-0.15, -0.1) is 0 Å². The van der Waals surface area contributed by atoms with E-state index in [-0.39, 0.29) is 11.6 Å². The van der Waals surface area contributed by atoms with Crippen LogP contribution >= 0.6 is 0 Å². The molecule has 0 radical (unpaired) electrons. The highest BCUT2D eigenvalue weighted by Crippen LogP contribution is 2.41. The topological polar surface area (TPSA) is 65.1 Å². The lowest BCUT2D eigenvalue weighted by atomic mass is 9.86. The first-order chi connectivity index (χ1) is 13.1. The van der Waals surface area contributed by atoms with Crippen LogP contribution in [0.3, 0.4) is 0 Å². The molecule has 1 fully saturated rings. The minimum atomic E-state index is -1.88. The summed E-state index contributed by atoms with van der Waals surface area (Å²) in [6, 6.07) is 0. The van der Waals surface area contributed by atoms with Crippen LogP contribution in [0.2, 0.25) is 18.1 Å². The molecule has 0 spiro atoms. The van der Waals surface area contributed by atoms with E-state index in [0.717, 1.165) is 0 Å². The molecule has 0 aromatic heterocycles. The Morgan fingerprint density at radius 3 is 2.24 bits per heavy atom. The number of hydrogen-bond acceptors (Lipinski definition) is 5. The van der Waals surface area contributed by atoms with E-state index in [4.69, 9.17) is 13.9 Å². The van der Waals surface area contributed by atoms with Crippen molar-refractivity contribution in [2.24, 2.45) is 0 Å². The summed E-state index contributed by atoms with van der Waals surface area (Å²) in [5.74, 6) is -0.430. The number of nitrogens with zero attached hydrogens (tertiary/aromatic N) is 1. The van der Waals surface area contributed by atoms with Gasteiger partial charge in [-0.2, -0.15) is 0 Å². The summed E-state index contributed by atoms with van der Waals surface area (Å²) in [5, 5.41) is 0.116. The van der Waals surface area contributed by atoms with Gasteiger partial charge < -0.3 is 13.9 Å². The maximum Gasteiger partial charge on any atom is 0.411 e. The van der Waals surface area contributed by atoms with Gasteiger partial charge in [0.15, 0.2) is 13.9 Å². The number of esters is 1. The molecule has 1 aliphatic rings. The number of rotatable bonds is 7. The normalized spacial score (nSPS) is 20.7. The second-order valence-corrected chi connectivity index (χ2v) is 15.1. The first-order valence-electron chi connectivity index (χ1n) is 10.6. The van der Waals surface area contributed by atoms with E-state index >= 15 is 0 Å². The molecule has 1 aliphatic heterocycles. The zero-order valence-corrected chi connectivity index (χ0v) is 20.9. The van der Waals surface area contributed by atoms with Crippen LogP contribution in [0.4, 0.5) is 4.79 Å². The Balaban J connectivity index is 3.03. The largest absolute Gasteiger partial charge is 0.464 e. The molecule has 1 rings (SSSR count). The predicted octanol–water partition coefficient (Wildman–Crippen LogP) is 5.29. The van der Waals surface area contributed by atoms with Crippen molar-refractivity contribution >= 4 is 20.4 Å². The van der Waals surface area contributed by atoms with Gasteiger partial charge in [0.05, 0.1) is 6.61 Å². The second-order valence-electron chi connectivity index (χ2n) is 10.3. The minimum Gasteiger partial charge on any atom is -0.464 e. The Labute approximate surface area is 178 Å². The number of amides is 1. The van der Waals surface area contributed by atoms with Crippen molar-refractivity contribution in [1.82, 2.24) is 4.90 Å².